The van der Waals surface area contributed by atoms with E-state index in [9.17, 15) is 0 Å². The second kappa shape index (κ2) is 5.58. The zero-order chi connectivity index (χ0) is 11.2. The van der Waals surface area contributed by atoms with Crippen LogP contribution in [0.5, 0.6) is 5.88 Å². The Morgan fingerprint density at radius 2 is 2.19 bits per heavy atom. The van der Waals surface area contributed by atoms with Crippen LogP contribution in [0.3, 0.4) is 0 Å². The lowest BCUT2D eigenvalue weighted by Crippen LogP contribution is -2.05. The summed E-state index contributed by atoms with van der Waals surface area (Å²) in [5.41, 5.74) is 6.19. The van der Waals surface area contributed by atoms with Gasteiger partial charge in [-0.3, -0.25) is 0 Å². The van der Waals surface area contributed by atoms with Gasteiger partial charge in [-0.1, -0.05) is 6.07 Å². The predicted octanol–water partition coefficient (Wildman–Crippen LogP) is 1.62. The molecule has 0 aliphatic heterocycles. The van der Waals surface area contributed by atoms with Crippen molar-refractivity contribution in [1.82, 2.24) is 10.2 Å². The van der Waals surface area contributed by atoms with Gasteiger partial charge in [-0.25, -0.2) is 0 Å². The Bertz CT molecular complexity index is 413. The van der Waals surface area contributed by atoms with Crippen LogP contribution in [0.2, 0.25) is 0 Å². The zero-order valence-corrected chi connectivity index (χ0v) is 9.61. The summed E-state index contributed by atoms with van der Waals surface area (Å²) in [6.07, 6.45) is 0.901. The number of aromatic nitrogens is 2. The molecule has 2 heterocycles. The molecule has 0 unspecified atom stereocenters. The van der Waals surface area contributed by atoms with Crippen molar-refractivity contribution in [3.8, 4) is 5.88 Å². The molecule has 2 rings (SSSR count). The van der Waals surface area contributed by atoms with Crippen molar-refractivity contribution in [2.45, 2.75) is 13.0 Å². The summed E-state index contributed by atoms with van der Waals surface area (Å²) in [4.78, 5) is 1.31. The number of rotatable bonds is 5. The highest BCUT2D eigenvalue weighted by Gasteiger charge is 1.98. The van der Waals surface area contributed by atoms with Crippen molar-refractivity contribution in [2.75, 3.05) is 6.61 Å². The lowest BCUT2D eigenvalue weighted by molar-refractivity contribution is 0.306. The van der Waals surface area contributed by atoms with Crippen molar-refractivity contribution >= 4 is 11.3 Å². The molecule has 0 saturated carbocycles. The molecule has 0 bridgehead atoms. The third-order valence-electron chi connectivity index (χ3n) is 2.08. The molecule has 0 aromatic carbocycles. The summed E-state index contributed by atoms with van der Waals surface area (Å²) in [5, 5.41) is 9.90. The van der Waals surface area contributed by atoms with Crippen LogP contribution in [0, 0.1) is 0 Å². The standard InChI is InChI=1S/C11H13N3OS/c12-8-9-3-4-11(14-13-9)15-6-5-10-2-1-7-16-10/h1-4,7H,5-6,8,12H2. The van der Waals surface area contributed by atoms with Crippen molar-refractivity contribution in [1.29, 1.82) is 0 Å². The van der Waals surface area contributed by atoms with E-state index in [0.29, 0.717) is 19.0 Å². The van der Waals surface area contributed by atoms with Gasteiger partial charge >= 0.3 is 0 Å². The average molecular weight is 235 g/mol. The van der Waals surface area contributed by atoms with Crippen molar-refractivity contribution in [3.05, 3.63) is 40.2 Å². The number of thiophene rings is 1. The van der Waals surface area contributed by atoms with Crippen LogP contribution in [0.1, 0.15) is 10.6 Å². The average Bonchev–Trinajstić information content (AvgIpc) is 2.83. The van der Waals surface area contributed by atoms with Crippen LogP contribution < -0.4 is 10.5 Å². The van der Waals surface area contributed by atoms with Gasteiger partial charge in [0.15, 0.2) is 0 Å². The van der Waals surface area contributed by atoms with Crippen LogP contribution in [0.25, 0.3) is 0 Å². The molecule has 84 valence electrons. The van der Waals surface area contributed by atoms with Gasteiger partial charge in [-0.2, -0.15) is 5.10 Å². The second-order valence-electron chi connectivity index (χ2n) is 3.24. The van der Waals surface area contributed by atoms with Gasteiger partial charge in [0.25, 0.3) is 0 Å². The predicted molar refractivity (Wildman–Crippen MR) is 63.4 cm³/mol. The first kappa shape index (κ1) is 11.0. The fraction of sp³-hybridized carbons (Fsp3) is 0.273. The molecule has 0 aliphatic carbocycles. The molecule has 16 heavy (non-hydrogen) atoms. The Morgan fingerprint density at radius 3 is 2.81 bits per heavy atom. The smallest absolute Gasteiger partial charge is 0.233 e. The molecule has 0 radical (unpaired) electrons. The highest BCUT2D eigenvalue weighted by Crippen LogP contribution is 2.10. The molecule has 0 atom stereocenters. The zero-order valence-electron chi connectivity index (χ0n) is 8.80. The topological polar surface area (TPSA) is 61.0 Å². The first-order valence-electron chi connectivity index (χ1n) is 5.06. The van der Waals surface area contributed by atoms with Gasteiger partial charge in [-0.05, 0) is 17.5 Å². The summed E-state index contributed by atoms with van der Waals surface area (Å²) >= 11 is 1.73. The highest BCUT2D eigenvalue weighted by atomic mass is 32.1. The third-order valence-corrected chi connectivity index (χ3v) is 3.02. The lowest BCUT2D eigenvalue weighted by atomic mass is 10.3. The maximum atomic E-state index is 5.47. The summed E-state index contributed by atoms with van der Waals surface area (Å²) in [6.45, 7) is 1.03. The highest BCUT2D eigenvalue weighted by molar-refractivity contribution is 7.09. The van der Waals surface area contributed by atoms with Gasteiger partial charge in [0.05, 0.1) is 12.3 Å². The fourth-order valence-electron chi connectivity index (χ4n) is 1.24. The Hall–Kier alpha value is -1.46. The maximum absolute atomic E-state index is 5.47. The van der Waals surface area contributed by atoms with E-state index < -0.39 is 0 Å². The largest absolute Gasteiger partial charge is 0.476 e. The first-order valence-corrected chi connectivity index (χ1v) is 5.94. The number of ether oxygens (including phenoxy) is 1. The minimum Gasteiger partial charge on any atom is -0.476 e. The van der Waals surface area contributed by atoms with Gasteiger partial charge in [0.1, 0.15) is 0 Å². The van der Waals surface area contributed by atoms with E-state index in [1.165, 1.54) is 4.88 Å². The molecule has 0 spiro atoms. The van der Waals surface area contributed by atoms with E-state index in [2.05, 4.69) is 21.6 Å². The first-order chi connectivity index (χ1) is 7.88. The monoisotopic (exact) mass is 235 g/mol. The molecule has 0 saturated heterocycles. The number of nitrogens with zero attached hydrogens (tertiary/aromatic N) is 2. The van der Waals surface area contributed by atoms with Crippen LogP contribution in [0.4, 0.5) is 0 Å². The summed E-state index contributed by atoms with van der Waals surface area (Å²) in [5.74, 6) is 0.550. The normalized spacial score (nSPS) is 10.3. The molecule has 4 nitrogen and oxygen atoms in total. The molecule has 0 aliphatic rings. The van der Waals surface area contributed by atoms with Crippen LogP contribution in [-0.2, 0) is 13.0 Å². The molecule has 2 aromatic heterocycles. The SMILES string of the molecule is NCc1ccc(OCCc2cccs2)nn1. The van der Waals surface area contributed by atoms with E-state index in [0.717, 1.165) is 12.1 Å². The van der Waals surface area contributed by atoms with Crippen molar-refractivity contribution in [2.24, 2.45) is 5.73 Å². The molecule has 2 aromatic rings. The quantitative estimate of drug-likeness (QED) is 0.855. The van der Waals surface area contributed by atoms with Crippen LogP contribution in [0.15, 0.2) is 29.6 Å². The fourth-order valence-corrected chi connectivity index (χ4v) is 1.93. The van der Waals surface area contributed by atoms with E-state index in [4.69, 9.17) is 10.5 Å². The van der Waals surface area contributed by atoms with Crippen molar-refractivity contribution < 1.29 is 4.74 Å². The molecular formula is C11H13N3OS. The van der Waals surface area contributed by atoms with Gasteiger partial charge < -0.3 is 10.5 Å². The van der Waals surface area contributed by atoms with Gasteiger partial charge in [-0.15, -0.1) is 16.4 Å². The third kappa shape index (κ3) is 3.01. The summed E-state index contributed by atoms with van der Waals surface area (Å²) < 4.78 is 5.47. The van der Waals surface area contributed by atoms with E-state index >= 15 is 0 Å². The molecule has 5 heteroatoms. The Kier molecular flexibility index (Phi) is 3.85. The summed E-state index contributed by atoms with van der Waals surface area (Å²) in [6, 6.07) is 7.75. The molecule has 0 fully saturated rings. The van der Waals surface area contributed by atoms with E-state index in [1.54, 1.807) is 17.4 Å². The summed E-state index contributed by atoms with van der Waals surface area (Å²) in [7, 11) is 0. The Labute approximate surface area is 98.1 Å². The second-order valence-corrected chi connectivity index (χ2v) is 4.28. The number of hydrogen-bond acceptors (Lipinski definition) is 5. The van der Waals surface area contributed by atoms with Crippen LogP contribution in [-0.4, -0.2) is 16.8 Å². The van der Waals surface area contributed by atoms with E-state index in [-0.39, 0.29) is 0 Å². The minimum absolute atomic E-state index is 0.405. The maximum Gasteiger partial charge on any atom is 0.233 e. The minimum atomic E-state index is 0.405. The Balaban J connectivity index is 1.81. The van der Waals surface area contributed by atoms with Gasteiger partial charge in [0, 0.05) is 23.9 Å². The Morgan fingerprint density at radius 1 is 1.25 bits per heavy atom. The molecule has 0 amide bonds. The van der Waals surface area contributed by atoms with E-state index in [1.807, 2.05) is 12.1 Å². The number of hydrogen-bond donors (Lipinski definition) is 1. The lowest BCUT2D eigenvalue weighted by Gasteiger charge is -2.03. The van der Waals surface area contributed by atoms with Gasteiger partial charge in [0.2, 0.25) is 5.88 Å². The molecular weight excluding hydrogens is 222 g/mol. The van der Waals surface area contributed by atoms with Crippen LogP contribution >= 0.6 is 11.3 Å². The number of nitrogens with two attached hydrogens (primary N) is 1. The van der Waals surface area contributed by atoms with Crippen molar-refractivity contribution in [3.63, 3.8) is 0 Å². The molecule has 2 N–H and O–H groups in total.